The number of hydrogen-bond acceptors (Lipinski definition) is 2. The summed E-state index contributed by atoms with van der Waals surface area (Å²) < 4.78 is 0. The van der Waals surface area contributed by atoms with Crippen LogP contribution in [0, 0.1) is 0 Å². The van der Waals surface area contributed by atoms with Gasteiger partial charge < -0.3 is 4.90 Å². The van der Waals surface area contributed by atoms with E-state index in [0.717, 1.165) is 25.7 Å². The summed E-state index contributed by atoms with van der Waals surface area (Å²) in [5.41, 5.74) is 0. The predicted molar refractivity (Wildman–Crippen MR) is 52.7 cm³/mol. The Labute approximate surface area is 80.3 Å². The monoisotopic (exact) mass is 181 g/mol. The summed E-state index contributed by atoms with van der Waals surface area (Å²) in [6, 6.07) is 1.39. The van der Waals surface area contributed by atoms with Crippen LogP contribution in [0.4, 0.5) is 0 Å². The van der Waals surface area contributed by atoms with E-state index in [1.54, 1.807) is 0 Å². The van der Waals surface area contributed by atoms with Gasteiger partial charge in [-0.15, -0.1) is 0 Å². The molecule has 2 aliphatic rings. The van der Waals surface area contributed by atoms with E-state index in [2.05, 4.69) is 11.9 Å². The van der Waals surface area contributed by atoms with E-state index in [4.69, 9.17) is 0 Å². The lowest BCUT2D eigenvalue weighted by atomic mass is 9.87. The first-order valence-corrected chi connectivity index (χ1v) is 5.51. The molecule has 2 fully saturated rings. The Morgan fingerprint density at radius 3 is 2.15 bits per heavy atom. The molecule has 0 aromatic heterocycles. The van der Waals surface area contributed by atoms with E-state index in [-0.39, 0.29) is 0 Å². The van der Waals surface area contributed by atoms with Gasteiger partial charge in [-0.1, -0.05) is 6.42 Å². The van der Waals surface area contributed by atoms with Crippen LogP contribution >= 0.6 is 0 Å². The smallest absolute Gasteiger partial charge is 0.133 e. The summed E-state index contributed by atoms with van der Waals surface area (Å²) in [6.45, 7) is 0. The van der Waals surface area contributed by atoms with Crippen molar-refractivity contribution in [1.82, 2.24) is 4.90 Å². The molecule has 0 radical (unpaired) electrons. The molecule has 2 aliphatic heterocycles. The third-order valence-corrected chi connectivity index (χ3v) is 3.74. The van der Waals surface area contributed by atoms with Gasteiger partial charge in [0.05, 0.1) is 0 Å². The molecule has 2 atom stereocenters. The first-order valence-electron chi connectivity index (χ1n) is 5.51. The maximum Gasteiger partial charge on any atom is 0.133 e. The molecule has 13 heavy (non-hydrogen) atoms. The molecule has 0 aromatic rings. The van der Waals surface area contributed by atoms with Gasteiger partial charge in [0.25, 0.3) is 0 Å². The van der Waals surface area contributed by atoms with Crippen molar-refractivity contribution in [3.63, 3.8) is 0 Å². The van der Waals surface area contributed by atoms with Gasteiger partial charge >= 0.3 is 0 Å². The molecular weight excluding hydrogens is 162 g/mol. The second kappa shape index (κ2) is 3.79. The summed E-state index contributed by atoms with van der Waals surface area (Å²) in [4.78, 5) is 13.9. The zero-order valence-electron chi connectivity index (χ0n) is 8.46. The van der Waals surface area contributed by atoms with Crippen LogP contribution in [-0.2, 0) is 4.79 Å². The van der Waals surface area contributed by atoms with Gasteiger partial charge in [-0.25, -0.2) is 0 Å². The summed E-state index contributed by atoms with van der Waals surface area (Å²) in [5, 5.41) is 0. The Bertz CT molecular complexity index is 184. The van der Waals surface area contributed by atoms with Crippen LogP contribution in [0.1, 0.15) is 44.9 Å². The lowest BCUT2D eigenvalue weighted by Crippen LogP contribution is -2.45. The number of carbonyl (C=O) groups excluding carboxylic acids is 1. The van der Waals surface area contributed by atoms with Crippen molar-refractivity contribution in [3.8, 4) is 0 Å². The SMILES string of the molecule is CN1C2CCCC1CCC(=O)CC2. The standard InChI is InChI=1S/C11H19NO/c1-12-9-3-2-4-10(12)6-8-11(13)7-5-9/h9-10H,2-8H2,1H3. The van der Waals surface area contributed by atoms with Crippen molar-refractivity contribution >= 4 is 5.78 Å². The number of Topliss-reactive ketones (excluding diaryl/α,β-unsaturated/α-hetero) is 1. The number of fused-ring (bicyclic) bond motifs is 2. The number of rotatable bonds is 0. The average Bonchev–Trinajstić information content (AvgIpc) is 2.14. The largest absolute Gasteiger partial charge is 0.300 e. The number of ketones is 1. The molecule has 74 valence electrons. The molecule has 2 heterocycles. The van der Waals surface area contributed by atoms with E-state index < -0.39 is 0 Å². The topological polar surface area (TPSA) is 20.3 Å². The quantitative estimate of drug-likeness (QED) is 0.569. The van der Waals surface area contributed by atoms with E-state index in [1.807, 2.05) is 0 Å². The molecule has 0 N–H and O–H groups in total. The van der Waals surface area contributed by atoms with E-state index >= 15 is 0 Å². The highest BCUT2D eigenvalue weighted by Gasteiger charge is 2.29. The van der Waals surface area contributed by atoms with Crippen LogP contribution < -0.4 is 0 Å². The molecule has 0 amide bonds. The average molecular weight is 181 g/mol. The van der Waals surface area contributed by atoms with Crippen LogP contribution in [0.5, 0.6) is 0 Å². The number of hydrogen-bond donors (Lipinski definition) is 0. The molecule has 0 aliphatic carbocycles. The van der Waals surface area contributed by atoms with Gasteiger partial charge in [-0.2, -0.15) is 0 Å². The third kappa shape index (κ3) is 1.93. The molecule has 2 heteroatoms. The Kier molecular flexibility index (Phi) is 2.68. The normalized spacial score (nSPS) is 36.8. The zero-order valence-corrected chi connectivity index (χ0v) is 8.46. The van der Waals surface area contributed by atoms with Crippen molar-refractivity contribution in [1.29, 1.82) is 0 Å². The maximum absolute atomic E-state index is 11.4. The summed E-state index contributed by atoms with van der Waals surface area (Å²) in [7, 11) is 2.24. The fourth-order valence-corrected chi connectivity index (χ4v) is 2.77. The molecule has 0 aromatic carbocycles. The van der Waals surface area contributed by atoms with E-state index in [9.17, 15) is 4.79 Å². The summed E-state index contributed by atoms with van der Waals surface area (Å²) in [5.74, 6) is 0.491. The zero-order chi connectivity index (χ0) is 9.26. The molecule has 0 spiro atoms. The highest BCUT2D eigenvalue weighted by Crippen LogP contribution is 2.29. The minimum absolute atomic E-state index is 0.491. The van der Waals surface area contributed by atoms with Crippen LogP contribution in [0.3, 0.4) is 0 Å². The number of piperidine rings is 1. The van der Waals surface area contributed by atoms with Crippen LogP contribution in [0.15, 0.2) is 0 Å². The summed E-state index contributed by atoms with van der Waals surface area (Å²) in [6.07, 6.45) is 7.83. The highest BCUT2D eigenvalue weighted by molar-refractivity contribution is 5.78. The van der Waals surface area contributed by atoms with Crippen molar-refractivity contribution in [2.24, 2.45) is 0 Å². The molecule has 2 nitrogen and oxygen atoms in total. The number of carbonyl (C=O) groups is 1. The molecule has 2 unspecified atom stereocenters. The Hall–Kier alpha value is -0.370. The van der Waals surface area contributed by atoms with Gasteiger partial charge in [0.1, 0.15) is 5.78 Å². The molecule has 2 saturated heterocycles. The minimum Gasteiger partial charge on any atom is -0.300 e. The van der Waals surface area contributed by atoms with Gasteiger partial charge in [0.2, 0.25) is 0 Å². The van der Waals surface area contributed by atoms with E-state index in [1.165, 1.54) is 19.3 Å². The lowest BCUT2D eigenvalue weighted by Gasteiger charge is -2.41. The van der Waals surface area contributed by atoms with Crippen LogP contribution in [-0.4, -0.2) is 29.8 Å². The number of nitrogens with zero attached hydrogens (tertiary/aromatic N) is 1. The second-order valence-corrected chi connectivity index (χ2v) is 4.52. The van der Waals surface area contributed by atoms with Crippen molar-refractivity contribution < 1.29 is 4.79 Å². The Balaban J connectivity index is 2.05. The molecule has 0 saturated carbocycles. The lowest BCUT2D eigenvalue weighted by molar-refractivity contribution is -0.120. The Morgan fingerprint density at radius 1 is 1.08 bits per heavy atom. The van der Waals surface area contributed by atoms with Crippen molar-refractivity contribution in [2.75, 3.05) is 7.05 Å². The fourth-order valence-electron chi connectivity index (χ4n) is 2.77. The van der Waals surface area contributed by atoms with Gasteiger partial charge in [-0.3, -0.25) is 4.79 Å². The molecule has 2 bridgehead atoms. The first kappa shape index (κ1) is 9.20. The van der Waals surface area contributed by atoms with Gasteiger partial charge in [-0.05, 0) is 32.7 Å². The highest BCUT2D eigenvalue weighted by atomic mass is 16.1. The van der Waals surface area contributed by atoms with Crippen LogP contribution in [0.25, 0.3) is 0 Å². The summed E-state index contributed by atoms with van der Waals surface area (Å²) >= 11 is 0. The predicted octanol–water partition coefficient (Wildman–Crippen LogP) is 1.98. The Morgan fingerprint density at radius 2 is 1.62 bits per heavy atom. The van der Waals surface area contributed by atoms with Gasteiger partial charge in [0, 0.05) is 24.9 Å². The third-order valence-electron chi connectivity index (χ3n) is 3.74. The fraction of sp³-hybridized carbons (Fsp3) is 0.909. The van der Waals surface area contributed by atoms with Gasteiger partial charge in [0.15, 0.2) is 0 Å². The van der Waals surface area contributed by atoms with Crippen molar-refractivity contribution in [2.45, 2.75) is 57.0 Å². The molecular formula is C11H19NO. The van der Waals surface area contributed by atoms with E-state index in [0.29, 0.717) is 17.9 Å². The maximum atomic E-state index is 11.4. The minimum atomic E-state index is 0.491. The first-order chi connectivity index (χ1) is 6.27. The molecule has 2 rings (SSSR count). The van der Waals surface area contributed by atoms with Crippen molar-refractivity contribution in [3.05, 3.63) is 0 Å². The van der Waals surface area contributed by atoms with Crippen LogP contribution in [0.2, 0.25) is 0 Å². The second-order valence-electron chi connectivity index (χ2n) is 4.52.